The molecule has 0 fully saturated rings. The van der Waals surface area contributed by atoms with Gasteiger partial charge in [0.05, 0.1) is 0 Å². The SMILES string of the molecule is CCCNC(=O)CCNc1snc(N)c1S(=O)(=O)N(C)C. The number of rotatable bonds is 8. The largest absolute Gasteiger partial charge is 0.382 e. The Morgan fingerprint density at radius 3 is 2.62 bits per heavy atom. The first-order chi connectivity index (χ1) is 9.80. The van der Waals surface area contributed by atoms with Crippen molar-refractivity contribution in [2.45, 2.75) is 24.7 Å². The quantitative estimate of drug-likeness (QED) is 0.629. The summed E-state index contributed by atoms with van der Waals surface area (Å²) in [7, 11) is -0.817. The van der Waals surface area contributed by atoms with Gasteiger partial charge in [-0.25, -0.2) is 12.7 Å². The maximum atomic E-state index is 12.2. The molecule has 0 unspecified atom stereocenters. The van der Waals surface area contributed by atoms with E-state index in [1.807, 2.05) is 6.92 Å². The van der Waals surface area contributed by atoms with Crippen molar-refractivity contribution in [2.24, 2.45) is 0 Å². The van der Waals surface area contributed by atoms with Gasteiger partial charge in [0, 0.05) is 33.6 Å². The van der Waals surface area contributed by atoms with Crippen molar-refractivity contribution >= 4 is 38.3 Å². The van der Waals surface area contributed by atoms with Gasteiger partial charge in [0.25, 0.3) is 0 Å². The summed E-state index contributed by atoms with van der Waals surface area (Å²) in [5, 5.41) is 6.01. The Balaban J connectivity index is 2.72. The van der Waals surface area contributed by atoms with Crippen LogP contribution in [0, 0.1) is 0 Å². The van der Waals surface area contributed by atoms with E-state index in [-0.39, 0.29) is 23.0 Å². The molecule has 0 aliphatic heterocycles. The maximum absolute atomic E-state index is 12.2. The van der Waals surface area contributed by atoms with Crippen LogP contribution in [0.25, 0.3) is 0 Å². The summed E-state index contributed by atoms with van der Waals surface area (Å²) in [6, 6.07) is 0. The Hall–Kier alpha value is -1.39. The van der Waals surface area contributed by atoms with Gasteiger partial charge < -0.3 is 16.4 Å². The molecule has 1 heterocycles. The molecular formula is C11H21N5O3S2. The number of carbonyl (C=O) groups excluding carboxylic acids is 1. The Labute approximate surface area is 128 Å². The minimum absolute atomic E-state index is 0.0355. The molecular weight excluding hydrogens is 314 g/mol. The molecule has 1 aromatic heterocycles. The van der Waals surface area contributed by atoms with E-state index in [0.717, 1.165) is 22.3 Å². The number of anilines is 2. The number of nitrogens with one attached hydrogen (secondary N) is 2. The number of amides is 1. The number of nitrogens with zero attached hydrogens (tertiary/aromatic N) is 2. The molecule has 1 rings (SSSR count). The van der Waals surface area contributed by atoms with Crippen molar-refractivity contribution in [3.63, 3.8) is 0 Å². The minimum atomic E-state index is -3.67. The second-order valence-electron chi connectivity index (χ2n) is 4.54. The first kappa shape index (κ1) is 17.7. The van der Waals surface area contributed by atoms with Gasteiger partial charge in [-0.05, 0) is 18.0 Å². The van der Waals surface area contributed by atoms with Crippen LogP contribution in [0.4, 0.5) is 10.8 Å². The molecule has 0 bridgehead atoms. The number of nitrogen functional groups attached to an aromatic ring is 1. The van der Waals surface area contributed by atoms with Crippen LogP contribution in [0.3, 0.4) is 0 Å². The molecule has 0 saturated heterocycles. The molecule has 4 N–H and O–H groups in total. The lowest BCUT2D eigenvalue weighted by molar-refractivity contribution is -0.120. The van der Waals surface area contributed by atoms with E-state index >= 15 is 0 Å². The summed E-state index contributed by atoms with van der Waals surface area (Å²) in [6.45, 7) is 2.91. The van der Waals surface area contributed by atoms with E-state index < -0.39 is 10.0 Å². The van der Waals surface area contributed by atoms with E-state index in [0.29, 0.717) is 18.1 Å². The lowest BCUT2D eigenvalue weighted by Crippen LogP contribution is -2.26. The molecule has 1 amide bonds. The van der Waals surface area contributed by atoms with Crippen LogP contribution in [0.2, 0.25) is 0 Å². The highest BCUT2D eigenvalue weighted by Gasteiger charge is 2.27. The van der Waals surface area contributed by atoms with E-state index in [9.17, 15) is 13.2 Å². The molecule has 8 nitrogen and oxygen atoms in total. The van der Waals surface area contributed by atoms with Crippen molar-refractivity contribution in [1.29, 1.82) is 0 Å². The number of hydrogen-bond acceptors (Lipinski definition) is 7. The molecule has 120 valence electrons. The highest BCUT2D eigenvalue weighted by Crippen LogP contribution is 2.32. The molecule has 0 atom stereocenters. The predicted octanol–water partition coefficient (Wildman–Crippen LogP) is 0.304. The summed E-state index contributed by atoms with van der Waals surface area (Å²) in [5.74, 6) is -0.120. The average molecular weight is 335 g/mol. The van der Waals surface area contributed by atoms with Crippen LogP contribution in [0.15, 0.2) is 4.90 Å². The Kier molecular flexibility index (Phi) is 6.37. The molecule has 0 saturated carbocycles. The third-order valence-corrected chi connectivity index (χ3v) is 5.46. The normalized spacial score (nSPS) is 11.6. The highest BCUT2D eigenvalue weighted by atomic mass is 32.2. The van der Waals surface area contributed by atoms with Crippen molar-refractivity contribution in [2.75, 3.05) is 38.2 Å². The summed E-state index contributed by atoms with van der Waals surface area (Å²) in [4.78, 5) is 11.4. The van der Waals surface area contributed by atoms with Crippen molar-refractivity contribution in [3.8, 4) is 0 Å². The Morgan fingerprint density at radius 2 is 2.05 bits per heavy atom. The van der Waals surface area contributed by atoms with Gasteiger partial charge in [0.2, 0.25) is 15.9 Å². The summed E-state index contributed by atoms with van der Waals surface area (Å²) >= 11 is 0.966. The molecule has 0 aromatic carbocycles. The van der Waals surface area contributed by atoms with Gasteiger partial charge in [0.15, 0.2) is 10.7 Å². The zero-order valence-corrected chi connectivity index (χ0v) is 14.0. The second kappa shape index (κ2) is 7.57. The first-order valence-corrected chi connectivity index (χ1v) is 8.70. The summed E-state index contributed by atoms with van der Waals surface area (Å²) in [5.41, 5.74) is 5.64. The number of sulfonamides is 1. The highest BCUT2D eigenvalue weighted by molar-refractivity contribution is 7.89. The van der Waals surface area contributed by atoms with Crippen molar-refractivity contribution < 1.29 is 13.2 Å². The summed E-state index contributed by atoms with van der Waals surface area (Å²) < 4.78 is 29.3. The fraction of sp³-hybridized carbons (Fsp3) is 0.636. The fourth-order valence-electron chi connectivity index (χ4n) is 1.48. The molecule has 10 heteroatoms. The molecule has 1 aromatic rings. The summed E-state index contributed by atoms with van der Waals surface area (Å²) in [6.07, 6.45) is 1.12. The van der Waals surface area contributed by atoms with E-state index in [2.05, 4.69) is 15.0 Å². The van der Waals surface area contributed by atoms with Gasteiger partial charge in [0.1, 0.15) is 5.00 Å². The van der Waals surface area contributed by atoms with Gasteiger partial charge in [-0.1, -0.05) is 6.92 Å². The average Bonchev–Trinajstić information content (AvgIpc) is 2.78. The van der Waals surface area contributed by atoms with E-state index in [4.69, 9.17) is 5.73 Å². The zero-order chi connectivity index (χ0) is 16.0. The Bertz CT molecular complexity index is 583. The van der Waals surface area contributed by atoms with Gasteiger partial charge >= 0.3 is 0 Å². The smallest absolute Gasteiger partial charge is 0.249 e. The zero-order valence-electron chi connectivity index (χ0n) is 12.3. The second-order valence-corrected chi connectivity index (χ2v) is 7.40. The van der Waals surface area contributed by atoms with Gasteiger partial charge in [-0.15, -0.1) is 0 Å². The van der Waals surface area contributed by atoms with Crippen molar-refractivity contribution in [1.82, 2.24) is 14.0 Å². The van der Waals surface area contributed by atoms with E-state index in [1.54, 1.807) is 0 Å². The molecule has 21 heavy (non-hydrogen) atoms. The van der Waals surface area contributed by atoms with Crippen LogP contribution in [0.5, 0.6) is 0 Å². The third-order valence-electron chi connectivity index (χ3n) is 2.62. The lowest BCUT2D eigenvalue weighted by atomic mass is 10.4. The number of carbonyl (C=O) groups is 1. The third kappa shape index (κ3) is 4.55. The maximum Gasteiger partial charge on any atom is 0.249 e. The molecule has 0 aliphatic rings. The van der Waals surface area contributed by atoms with Gasteiger partial charge in [-0.3, -0.25) is 4.79 Å². The number of nitrogens with two attached hydrogens (primary N) is 1. The Morgan fingerprint density at radius 1 is 1.38 bits per heavy atom. The van der Waals surface area contributed by atoms with Crippen molar-refractivity contribution in [3.05, 3.63) is 0 Å². The molecule has 0 spiro atoms. The van der Waals surface area contributed by atoms with Gasteiger partial charge in [-0.2, -0.15) is 4.37 Å². The topological polar surface area (TPSA) is 117 Å². The van der Waals surface area contributed by atoms with E-state index in [1.165, 1.54) is 14.1 Å². The minimum Gasteiger partial charge on any atom is -0.382 e. The van der Waals surface area contributed by atoms with Crippen LogP contribution in [0.1, 0.15) is 19.8 Å². The molecule has 0 radical (unpaired) electrons. The number of aromatic nitrogens is 1. The van der Waals surface area contributed by atoms with Crippen LogP contribution in [-0.4, -0.2) is 50.2 Å². The van der Waals surface area contributed by atoms with Crippen LogP contribution < -0.4 is 16.4 Å². The standard InChI is InChI=1S/C11H21N5O3S2/c1-4-6-13-8(17)5-7-14-11-9(10(12)15-20-11)21(18,19)16(2)3/h14H,4-7H2,1-3H3,(H2,12,15)(H,13,17). The van der Waals surface area contributed by atoms with Crippen LogP contribution in [-0.2, 0) is 14.8 Å². The monoisotopic (exact) mass is 335 g/mol. The van der Waals surface area contributed by atoms with Crippen LogP contribution >= 0.6 is 11.5 Å². The predicted molar refractivity (Wildman–Crippen MR) is 83.8 cm³/mol. The first-order valence-electron chi connectivity index (χ1n) is 6.49. The number of hydrogen-bond donors (Lipinski definition) is 3. The molecule has 0 aliphatic carbocycles. The fourth-order valence-corrected chi connectivity index (χ4v) is 3.58. The lowest BCUT2D eigenvalue weighted by Gasteiger charge is -2.12.